The molecule has 48 heavy (non-hydrogen) atoms. The van der Waals surface area contributed by atoms with Crippen molar-refractivity contribution in [1.82, 2.24) is 0 Å². The fraction of sp³-hybridized carbons (Fsp3) is 0.286. The van der Waals surface area contributed by atoms with Crippen LogP contribution in [0.2, 0.25) is 0 Å². The smallest absolute Gasteiger partial charge is 0.195 e. The molecule has 0 unspecified atom stereocenters. The summed E-state index contributed by atoms with van der Waals surface area (Å²) >= 11 is 0. The van der Waals surface area contributed by atoms with E-state index in [0.29, 0.717) is 33.0 Å². The molecular formula is C42H44O6. The Balaban J connectivity index is 1.33. The highest BCUT2D eigenvalue weighted by molar-refractivity contribution is 5.17. The summed E-state index contributed by atoms with van der Waals surface area (Å²) in [7, 11) is 0. The van der Waals surface area contributed by atoms with Crippen LogP contribution in [0.15, 0.2) is 152 Å². The van der Waals surface area contributed by atoms with E-state index >= 15 is 0 Å². The second-order valence-corrected chi connectivity index (χ2v) is 12.2. The van der Waals surface area contributed by atoms with Crippen molar-refractivity contribution in [3.63, 3.8) is 0 Å². The maximum atomic E-state index is 6.94. The minimum absolute atomic E-state index is 0.273. The van der Waals surface area contributed by atoms with Crippen molar-refractivity contribution in [3.8, 4) is 0 Å². The van der Waals surface area contributed by atoms with E-state index < -0.39 is 30.2 Å². The van der Waals surface area contributed by atoms with Crippen LogP contribution >= 0.6 is 0 Å². The first kappa shape index (κ1) is 33.7. The zero-order chi connectivity index (χ0) is 32.9. The fourth-order valence-corrected chi connectivity index (χ4v) is 5.95. The van der Waals surface area contributed by atoms with Crippen LogP contribution in [0.5, 0.6) is 0 Å². The van der Waals surface area contributed by atoms with E-state index in [1.54, 1.807) is 0 Å². The Kier molecular flexibility index (Phi) is 12.2. The summed E-state index contributed by atoms with van der Waals surface area (Å²) in [6.07, 6.45) is -2.25. The van der Waals surface area contributed by atoms with Gasteiger partial charge >= 0.3 is 0 Å². The van der Waals surface area contributed by atoms with Crippen molar-refractivity contribution in [2.75, 3.05) is 6.61 Å². The van der Waals surface area contributed by atoms with E-state index in [-0.39, 0.29) is 6.61 Å². The lowest BCUT2D eigenvalue weighted by Gasteiger charge is -2.51. The molecule has 1 aliphatic heterocycles. The molecular weight excluding hydrogens is 600 g/mol. The Labute approximate surface area is 284 Å². The van der Waals surface area contributed by atoms with Gasteiger partial charge in [-0.1, -0.05) is 152 Å². The third-order valence-electron chi connectivity index (χ3n) is 8.50. The molecule has 5 atom stereocenters. The number of benzene rings is 5. The van der Waals surface area contributed by atoms with Gasteiger partial charge in [-0.15, -0.1) is 0 Å². The molecule has 5 aromatic carbocycles. The molecule has 0 radical (unpaired) electrons. The molecule has 6 heteroatoms. The molecule has 1 saturated heterocycles. The second-order valence-electron chi connectivity index (χ2n) is 12.2. The van der Waals surface area contributed by atoms with Gasteiger partial charge < -0.3 is 28.4 Å². The SMILES string of the molecule is C[C@]1(OCc2ccccc2)O[C@H](COCc2ccccc2)[C@@H](OCc2ccccc2)[C@H](OCc2ccccc2)[C@H]1OCc1ccccc1. The summed E-state index contributed by atoms with van der Waals surface area (Å²) < 4.78 is 40.4. The van der Waals surface area contributed by atoms with E-state index in [1.807, 2.05) is 110 Å². The van der Waals surface area contributed by atoms with Gasteiger partial charge in [-0.2, -0.15) is 0 Å². The first-order valence-electron chi connectivity index (χ1n) is 16.6. The Morgan fingerprint density at radius 3 is 1.29 bits per heavy atom. The van der Waals surface area contributed by atoms with Crippen LogP contribution in [-0.4, -0.2) is 36.8 Å². The van der Waals surface area contributed by atoms with Gasteiger partial charge in [0, 0.05) is 0 Å². The normalized spacial score (nSPS) is 22.4. The zero-order valence-corrected chi connectivity index (χ0v) is 27.4. The minimum atomic E-state index is -1.20. The maximum Gasteiger partial charge on any atom is 0.195 e. The molecule has 248 valence electrons. The lowest BCUT2D eigenvalue weighted by molar-refractivity contribution is -0.379. The molecule has 1 aliphatic rings. The van der Waals surface area contributed by atoms with E-state index in [4.69, 9.17) is 28.4 Å². The molecule has 6 rings (SSSR count). The molecule has 1 fully saturated rings. The third kappa shape index (κ3) is 9.48. The molecule has 0 N–H and O–H groups in total. The first-order chi connectivity index (χ1) is 23.7. The zero-order valence-electron chi connectivity index (χ0n) is 27.4. The molecule has 0 aromatic heterocycles. The minimum Gasteiger partial charge on any atom is -0.374 e. The summed E-state index contributed by atoms with van der Waals surface area (Å²) in [4.78, 5) is 0. The Morgan fingerprint density at radius 2 is 0.833 bits per heavy atom. The van der Waals surface area contributed by atoms with Gasteiger partial charge in [0.05, 0.1) is 39.6 Å². The van der Waals surface area contributed by atoms with Gasteiger partial charge in [-0.3, -0.25) is 0 Å². The van der Waals surface area contributed by atoms with Gasteiger partial charge in [0.1, 0.15) is 24.4 Å². The van der Waals surface area contributed by atoms with Crippen molar-refractivity contribution < 1.29 is 28.4 Å². The van der Waals surface area contributed by atoms with Crippen molar-refractivity contribution in [2.45, 2.75) is 70.2 Å². The lowest BCUT2D eigenvalue weighted by Crippen LogP contribution is -2.66. The molecule has 0 aliphatic carbocycles. The number of hydrogen-bond donors (Lipinski definition) is 0. The Hall–Kier alpha value is -4.14. The molecule has 0 saturated carbocycles. The Morgan fingerprint density at radius 1 is 0.458 bits per heavy atom. The molecule has 5 aromatic rings. The summed E-state index contributed by atoms with van der Waals surface area (Å²) in [5.41, 5.74) is 5.26. The van der Waals surface area contributed by atoms with Crippen molar-refractivity contribution in [1.29, 1.82) is 0 Å². The van der Waals surface area contributed by atoms with Gasteiger partial charge in [-0.25, -0.2) is 0 Å². The molecule has 1 heterocycles. The maximum absolute atomic E-state index is 6.94. The second kappa shape index (κ2) is 17.3. The first-order valence-corrected chi connectivity index (χ1v) is 16.6. The lowest BCUT2D eigenvalue weighted by atomic mass is 9.92. The summed E-state index contributed by atoms with van der Waals surface area (Å²) in [5.74, 6) is -1.20. The predicted octanol–water partition coefficient (Wildman–Crippen LogP) is 8.29. The molecule has 0 amide bonds. The van der Waals surface area contributed by atoms with E-state index in [2.05, 4.69) is 48.5 Å². The van der Waals surface area contributed by atoms with Crippen LogP contribution in [-0.2, 0) is 61.5 Å². The highest BCUT2D eigenvalue weighted by Gasteiger charge is 2.55. The largest absolute Gasteiger partial charge is 0.374 e. The Bertz CT molecular complexity index is 1600. The van der Waals surface area contributed by atoms with Gasteiger partial charge in [0.25, 0.3) is 0 Å². The van der Waals surface area contributed by atoms with Gasteiger partial charge in [-0.05, 0) is 34.7 Å². The molecule has 0 bridgehead atoms. The summed E-state index contributed by atoms with van der Waals surface area (Å²) in [5, 5.41) is 0. The standard InChI is InChI=1S/C42H44O6/c1-42(47-31-37-25-15-6-16-26-37)41(46-30-36-23-13-5-14-24-36)40(45-29-35-21-11-4-12-22-35)39(44-28-34-19-9-3-10-20-34)38(48-42)32-43-27-33-17-7-2-8-18-33/h2-26,38-41H,27-32H2,1H3/t38-,39-,40+,41-,42+/m1/s1. The summed E-state index contributed by atoms with van der Waals surface area (Å²) in [6, 6.07) is 50.6. The average molecular weight is 645 g/mol. The van der Waals surface area contributed by atoms with Gasteiger partial charge in [0.2, 0.25) is 0 Å². The van der Waals surface area contributed by atoms with E-state index in [0.717, 1.165) is 27.8 Å². The van der Waals surface area contributed by atoms with Crippen LogP contribution in [0.4, 0.5) is 0 Å². The van der Waals surface area contributed by atoms with Crippen LogP contribution in [0.3, 0.4) is 0 Å². The highest BCUT2D eigenvalue weighted by atomic mass is 16.7. The van der Waals surface area contributed by atoms with Crippen molar-refractivity contribution >= 4 is 0 Å². The predicted molar refractivity (Wildman–Crippen MR) is 186 cm³/mol. The van der Waals surface area contributed by atoms with Crippen molar-refractivity contribution in [3.05, 3.63) is 179 Å². The summed E-state index contributed by atoms with van der Waals surface area (Å²) in [6.45, 7) is 4.09. The highest BCUT2D eigenvalue weighted by Crippen LogP contribution is 2.38. The number of ether oxygens (including phenoxy) is 6. The van der Waals surface area contributed by atoms with Crippen LogP contribution in [0.25, 0.3) is 0 Å². The van der Waals surface area contributed by atoms with Crippen LogP contribution < -0.4 is 0 Å². The monoisotopic (exact) mass is 644 g/mol. The van der Waals surface area contributed by atoms with Crippen LogP contribution in [0, 0.1) is 0 Å². The fourth-order valence-electron chi connectivity index (χ4n) is 5.95. The topological polar surface area (TPSA) is 55.4 Å². The molecule has 6 nitrogen and oxygen atoms in total. The quantitative estimate of drug-likeness (QED) is 0.108. The van der Waals surface area contributed by atoms with E-state index in [9.17, 15) is 0 Å². The third-order valence-corrected chi connectivity index (χ3v) is 8.50. The van der Waals surface area contributed by atoms with Crippen molar-refractivity contribution in [2.24, 2.45) is 0 Å². The average Bonchev–Trinajstić information content (AvgIpc) is 3.14. The van der Waals surface area contributed by atoms with Crippen LogP contribution in [0.1, 0.15) is 34.7 Å². The van der Waals surface area contributed by atoms with Gasteiger partial charge in [0.15, 0.2) is 5.79 Å². The number of hydrogen-bond acceptors (Lipinski definition) is 6. The van der Waals surface area contributed by atoms with E-state index in [1.165, 1.54) is 0 Å². The molecule has 0 spiro atoms. The number of rotatable bonds is 16.